The van der Waals surface area contributed by atoms with Gasteiger partial charge < -0.3 is 15.7 Å². The molecule has 1 fully saturated rings. The van der Waals surface area contributed by atoms with Gasteiger partial charge in [0.25, 0.3) is 0 Å². The Hall–Kier alpha value is -0.910. The molecule has 0 spiro atoms. The summed E-state index contributed by atoms with van der Waals surface area (Å²) in [5.41, 5.74) is 0. The van der Waals surface area contributed by atoms with Gasteiger partial charge >= 0.3 is 12.0 Å². The van der Waals surface area contributed by atoms with Gasteiger partial charge in [-0.15, -0.1) is 0 Å². The molecule has 0 bridgehead atoms. The highest BCUT2D eigenvalue weighted by atomic mass is 32.2. The van der Waals surface area contributed by atoms with Crippen molar-refractivity contribution >= 4 is 23.8 Å². The van der Waals surface area contributed by atoms with Crippen molar-refractivity contribution in [2.75, 3.05) is 12.0 Å². The second kappa shape index (κ2) is 7.51. The monoisotopic (exact) mass is 274 g/mol. The molecule has 2 atom stereocenters. The number of carbonyl (C=O) groups is 2. The lowest BCUT2D eigenvalue weighted by molar-refractivity contribution is -0.139. The van der Waals surface area contributed by atoms with Gasteiger partial charge in [-0.2, -0.15) is 11.8 Å². The summed E-state index contributed by atoms with van der Waals surface area (Å²) in [7, 11) is 0. The van der Waals surface area contributed by atoms with E-state index in [-0.39, 0.29) is 12.1 Å². The minimum Gasteiger partial charge on any atom is -0.480 e. The van der Waals surface area contributed by atoms with Crippen molar-refractivity contribution in [1.29, 1.82) is 0 Å². The Morgan fingerprint density at radius 3 is 2.50 bits per heavy atom. The maximum absolute atomic E-state index is 11.7. The molecule has 6 heteroatoms. The van der Waals surface area contributed by atoms with Crippen molar-refractivity contribution in [3.63, 3.8) is 0 Å². The first-order valence-electron chi connectivity index (χ1n) is 6.33. The third-order valence-corrected chi connectivity index (χ3v) is 4.07. The van der Waals surface area contributed by atoms with Gasteiger partial charge in [0.1, 0.15) is 6.04 Å². The zero-order chi connectivity index (χ0) is 13.5. The predicted octanol–water partition coefficient (Wildman–Crippen LogP) is 1.68. The van der Waals surface area contributed by atoms with Gasteiger partial charge in [0.05, 0.1) is 0 Å². The highest BCUT2D eigenvalue weighted by molar-refractivity contribution is 7.98. The molecule has 18 heavy (non-hydrogen) atoms. The summed E-state index contributed by atoms with van der Waals surface area (Å²) in [4.78, 5) is 22.7. The zero-order valence-electron chi connectivity index (χ0n) is 10.9. The fourth-order valence-electron chi connectivity index (χ4n) is 1.96. The first-order valence-corrected chi connectivity index (χ1v) is 7.72. The Kier molecular flexibility index (Phi) is 6.32. The molecule has 1 saturated carbocycles. The first-order chi connectivity index (χ1) is 8.54. The van der Waals surface area contributed by atoms with E-state index in [1.54, 1.807) is 11.8 Å². The SMILES string of the molecule is CSCC[C@H](NC(=O)NC(C)C1CCC1)C(=O)O. The van der Waals surface area contributed by atoms with Gasteiger partial charge in [-0.05, 0) is 44.1 Å². The quantitative estimate of drug-likeness (QED) is 0.660. The standard InChI is InChI=1S/C12H22N2O3S/c1-8(9-4-3-5-9)13-12(17)14-10(11(15)16)6-7-18-2/h8-10H,3-7H2,1-2H3,(H,15,16)(H2,13,14,17)/t8?,10-/m0/s1. The van der Waals surface area contributed by atoms with Crippen LogP contribution in [0.15, 0.2) is 0 Å². The Morgan fingerprint density at radius 1 is 1.39 bits per heavy atom. The van der Waals surface area contributed by atoms with Crippen LogP contribution in [-0.4, -0.2) is 41.2 Å². The number of thioether (sulfide) groups is 1. The van der Waals surface area contributed by atoms with Gasteiger partial charge in [-0.1, -0.05) is 6.42 Å². The van der Waals surface area contributed by atoms with E-state index in [0.717, 1.165) is 18.6 Å². The topological polar surface area (TPSA) is 78.4 Å². The van der Waals surface area contributed by atoms with Crippen molar-refractivity contribution < 1.29 is 14.7 Å². The summed E-state index contributed by atoms with van der Waals surface area (Å²) < 4.78 is 0. The number of carboxylic acid groups (broad SMARTS) is 1. The van der Waals surface area contributed by atoms with Crippen molar-refractivity contribution in [3.05, 3.63) is 0 Å². The Bertz CT molecular complexity index is 295. The summed E-state index contributed by atoms with van der Waals surface area (Å²) in [6.45, 7) is 1.97. The minimum absolute atomic E-state index is 0.119. The van der Waals surface area contributed by atoms with Crippen LogP contribution in [0.1, 0.15) is 32.6 Å². The molecule has 1 aliphatic carbocycles. The molecule has 0 aromatic rings. The van der Waals surface area contributed by atoms with Crippen LogP contribution in [0.25, 0.3) is 0 Å². The lowest BCUT2D eigenvalue weighted by Crippen LogP contribution is -2.50. The molecule has 2 amide bonds. The molecular weight excluding hydrogens is 252 g/mol. The van der Waals surface area contributed by atoms with Gasteiger partial charge in [0, 0.05) is 6.04 Å². The summed E-state index contributed by atoms with van der Waals surface area (Å²) in [6.07, 6.45) is 5.88. The van der Waals surface area contributed by atoms with Gasteiger partial charge in [0.15, 0.2) is 0 Å². The summed E-state index contributed by atoms with van der Waals surface area (Å²) in [5.74, 6) is 0.288. The highest BCUT2D eigenvalue weighted by Crippen LogP contribution is 2.29. The molecule has 0 heterocycles. The number of amides is 2. The third-order valence-electron chi connectivity index (χ3n) is 3.43. The molecule has 3 N–H and O–H groups in total. The van der Waals surface area contributed by atoms with Crippen LogP contribution in [0.2, 0.25) is 0 Å². The van der Waals surface area contributed by atoms with Crippen LogP contribution in [0.4, 0.5) is 4.79 Å². The zero-order valence-corrected chi connectivity index (χ0v) is 11.8. The smallest absolute Gasteiger partial charge is 0.326 e. The number of rotatable bonds is 7. The minimum atomic E-state index is -0.976. The Labute approximate surface area is 112 Å². The number of aliphatic carboxylic acids is 1. The fraction of sp³-hybridized carbons (Fsp3) is 0.833. The van der Waals surface area contributed by atoms with E-state index in [9.17, 15) is 9.59 Å². The van der Waals surface area contributed by atoms with Crippen molar-refractivity contribution in [3.8, 4) is 0 Å². The van der Waals surface area contributed by atoms with E-state index in [2.05, 4.69) is 10.6 Å². The average Bonchev–Trinajstić information content (AvgIpc) is 2.20. The number of hydrogen-bond acceptors (Lipinski definition) is 3. The number of carbonyl (C=O) groups excluding carboxylic acids is 1. The second-order valence-electron chi connectivity index (χ2n) is 4.77. The summed E-state index contributed by atoms with van der Waals surface area (Å²) >= 11 is 1.57. The van der Waals surface area contributed by atoms with Crippen LogP contribution >= 0.6 is 11.8 Å². The third kappa shape index (κ3) is 4.76. The van der Waals surface area contributed by atoms with E-state index >= 15 is 0 Å². The van der Waals surface area contributed by atoms with E-state index in [1.807, 2.05) is 13.2 Å². The normalized spacial score (nSPS) is 18.6. The fourth-order valence-corrected chi connectivity index (χ4v) is 2.43. The Balaban J connectivity index is 2.32. The van der Waals surface area contributed by atoms with Gasteiger partial charge in [0.2, 0.25) is 0 Å². The van der Waals surface area contributed by atoms with Crippen LogP contribution in [-0.2, 0) is 4.79 Å². The molecule has 104 valence electrons. The molecule has 1 aliphatic rings. The van der Waals surface area contributed by atoms with Gasteiger partial charge in [-0.25, -0.2) is 9.59 Å². The van der Waals surface area contributed by atoms with E-state index in [0.29, 0.717) is 12.3 Å². The summed E-state index contributed by atoms with van der Waals surface area (Å²) in [6, 6.07) is -1.05. The summed E-state index contributed by atoms with van der Waals surface area (Å²) in [5, 5.41) is 14.3. The lowest BCUT2D eigenvalue weighted by Gasteiger charge is -2.32. The number of urea groups is 1. The predicted molar refractivity (Wildman–Crippen MR) is 72.9 cm³/mol. The second-order valence-corrected chi connectivity index (χ2v) is 5.76. The average molecular weight is 274 g/mol. The highest BCUT2D eigenvalue weighted by Gasteiger charge is 2.26. The maximum Gasteiger partial charge on any atom is 0.326 e. The van der Waals surface area contributed by atoms with Crippen LogP contribution < -0.4 is 10.6 Å². The number of nitrogens with one attached hydrogen (secondary N) is 2. The van der Waals surface area contributed by atoms with Crippen LogP contribution in [0, 0.1) is 5.92 Å². The molecule has 0 aromatic heterocycles. The van der Waals surface area contributed by atoms with Crippen molar-refractivity contribution in [1.82, 2.24) is 10.6 Å². The van der Waals surface area contributed by atoms with Gasteiger partial charge in [-0.3, -0.25) is 0 Å². The number of carboxylic acids is 1. The van der Waals surface area contributed by atoms with E-state index in [4.69, 9.17) is 5.11 Å². The molecule has 1 rings (SSSR count). The number of hydrogen-bond donors (Lipinski definition) is 3. The van der Waals surface area contributed by atoms with E-state index < -0.39 is 12.0 Å². The maximum atomic E-state index is 11.7. The van der Waals surface area contributed by atoms with Crippen molar-refractivity contribution in [2.24, 2.45) is 5.92 Å². The van der Waals surface area contributed by atoms with Crippen molar-refractivity contribution in [2.45, 2.75) is 44.7 Å². The molecule has 0 aliphatic heterocycles. The molecule has 0 aromatic carbocycles. The molecule has 1 unspecified atom stereocenters. The largest absolute Gasteiger partial charge is 0.480 e. The lowest BCUT2D eigenvalue weighted by atomic mass is 9.80. The molecule has 5 nitrogen and oxygen atoms in total. The molecule has 0 radical (unpaired) electrons. The molecular formula is C12H22N2O3S. The van der Waals surface area contributed by atoms with Crippen LogP contribution in [0.3, 0.4) is 0 Å². The molecule has 0 saturated heterocycles. The Morgan fingerprint density at radius 2 is 2.06 bits per heavy atom. The van der Waals surface area contributed by atoms with Crippen LogP contribution in [0.5, 0.6) is 0 Å². The van der Waals surface area contributed by atoms with E-state index in [1.165, 1.54) is 6.42 Å². The first kappa shape index (κ1) is 15.1.